The molecule has 3 rings (SSSR count). The molecule has 0 aromatic heterocycles. The number of aryl methyl sites for hydroxylation is 1. The number of nitrogens with zero attached hydrogens (tertiary/aromatic N) is 2. The topological polar surface area (TPSA) is 23.6 Å². The van der Waals surface area contributed by atoms with Crippen molar-refractivity contribution < 1.29 is 4.79 Å². The number of rotatable bonds is 1. The van der Waals surface area contributed by atoms with Gasteiger partial charge in [0.2, 0.25) is 0 Å². The van der Waals surface area contributed by atoms with Crippen molar-refractivity contribution in [1.29, 1.82) is 0 Å². The summed E-state index contributed by atoms with van der Waals surface area (Å²) in [5, 5.41) is 0.654. The zero-order valence-corrected chi connectivity index (χ0v) is 11.8. The summed E-state index contributed by atoms with van der Waals surface area (Å²) in [4.78, 5) is 16.2. The molecule has 5 heteroatoms. The van der Waals surface area contributed by atoms with Crippen LogP contribution in [0.1, 0.15) is 12.0 Å². The van der Waals surface area contributed by atoms with E-state index < -0.39 is 0 Å². The first kappa shape index (κ1) is 12.0. The van der Waals surface area contributed by atoms with Crippen LogP contribution in [0.2, 0.25) is 0 Å². The largest absolute Gasteiger partial charge is 0.327 e. The Kier molecular flexibility index (Phi) is 3.03. The molecule has 0 bridgehead atoms. The lowest BCUT2D eigenvalue weighted by atomic mass is 10.2. The fourth-order valence-corrected chi connectivity index (χ4v) is 3.84. The second-order valence-corrected chi connectivity index (χ2v) is 6.04. The number of amides is 1. The van der Waals surface area contributed by atoms with Gasteiger partial charge in [0.25, 0.3) is 5.91 Å². The van der Waals surface area contributed by atoms with Gasteiger partial charge in [-0.15, -0.1) is 11.8 Å². The van der Waals surface area contributed by atoms with Crippen molar-refractivity contribution in [1.82, 2.24) is 4.90 Å². The van der Waals surface area contributed by atoms with E-state index in [0.717, 1.165) is 23.7 Å². The van der Waals surface area contributed by atoms with Crippen molar-refractivity contribution in [2.75, 3.05) is 16.5 Å². The Morgan fingerprint density at radius 3 is 2.72 bits per heavy atom. The quantitative estimate of drug-likeness (QED) is 0.736. The number of benzene rings is 1. The average molecular weight is 278 g/mol. The van der Waals surface area contributed by atoms with E-state index in [0.29, 0.717) is 5.11 Å². The van der Waals surface area contributed by atoms with Crippen LogP contribution in [0.25, 0.3) is 0 Å². The molecular weight excluding hydrogens is 264 g/mol. The Labute approximate surface area is 116 Å². The number of carbonyl (C=O) groups is 1. The van der Waals surface area contributed by atoms with Crippen LogP contribution >= 0.6 is 24.0 Å². The summed E-state index contributed by atoms with van der Waals surface area (Å²) in [5.41, 5.74) is 2.07. The van der Waals surface area contributed by atoms with E-state index in [9.17, 15) is 4.79 Å². The van der Waals surface area contributed by atoms with Crippen molar-refractivity contribution in [2.45, 2.75) is 19.4 Å². The van der Waals surface area contributed by atoms with E-state index >= 15 is 0 Å². The van der Waals surface area contributed by atoms with Crippen LogP contribution in [0.3, 0.4) is 0 Å². The summed E-state index contributed by atoms with van der Waals surface area (Å²) < 4.78 is 0. The summed E-state index contributed by atoms with van der Waals surface area (Å²) in [7, 11) is 0. The maximum Gasteiger partial charge on any atom is 0.256 e. The van der Waals surface area contributed by atoms with E-state index in [-0.39, 0.29) is 11.9 Å². The second kappa shape index (κ2) is 4.55. The van der Waals surface area contributed by atoms with Gasteiger partial charge >= 0.3 is 0 Å². The Bertz CT molecular complexity index is 476. The lowest BCUT2D eigenvalue weighted by Crippen LogP contribution is -2.38. The van der Waals surface area contributed by atoms with Crippen LogP contribution in [0.5, 0.6) is 0 Å². The fraction of sp³-hybridized carbons (Fsp3) is 0.385. The van der Waals surface area contributed by atoms with Crippen molar-refractivity contribution in [3.05, 3.63) is 29.8 Å². The third-order valence-electron chi connectivity index (χ3n) is 3.38. The van der Waals surface area contributed by atoms with Gasteiger partial charge in [-0.1, -0.05) is 17.7 Å². The fourth-order valence-electron chi connectivity index (χ4n) is 2.35. The highest BCUT2D eigenvalue weighted by Crippen LogP contribution is 2.32. The normalized spacial score (nSPS) is 23.5. The molecule has 1 amide bonds. The van der Waals surface area contributed by atoms with Crippen LogP contribution in [-0.4, -0.2) is 33.6 Å². The van der Waals surface area contributed by atoms with Gasteiger partial charge in [0, 0.05) is 0 Å². The number of thiocarbonyl (C=S) groups is 1. The monoisotopic (exact) mass is 278 g/mol. The van der Waals surface area contributed by atoms with Gasteiger partial charge in [0.15, 0.2) is 5.11 Å². The molecular formula is C13H14N2OS2. The predicted molar refractivity (Wildman–Crippen MR) is 78.8 cm³/mol. The highest BCUT2D eigenvalue weighted by Gasteiger charge is 2.44. The number of anilines is 1. The zero-order chi connectivity index (χ0) is 12.7. The maximum absolute atomic E-state index is 12.4. The molecule has 0 aliphatic carbocycles. The molecule has 2 heterocycles. The average Bonchev–Trinajstić information content (AvgIpc) is 2.64. The van der Waals surface area contributed by atoms with Crippen LogP contribution in [0.15, 0.2) is 24.3 Å². The molecule has 2 aliphatic rings. The molecule has 18 heavy (non-hydrogen) atoms. The number of carbonyl (C=O) groups excluding carboxylic acids is 1. The minimum absolute atomic E-state index is 0.0416. The van der Waals surface area contributed by atoms with Gasteiger partial charge in [0.05, 0.1) is 11.6 Å². The van der Waals surface area contributed by atoms with Crippen LogP contribution < -0.4 is 4.90 Å². The third kappa shape index (κ3) is 1.82. The van der Waals surface area contributed by atoms with Gasteiger partial charge in [-0.05, 0) is 43.4 Å². The van der Waals surface area contributed by atoms with Crippen molar-refractivity contribution in [2.24, 2.45) is 0 Å². The molecule has 0 N–H and O–H groups in total. The van der Waals surface area contributed by atoms with Gasteiger partial charge in [0.1, 0.15) is 6.04 Å². The van der Waals surface area contributed by atoms with E-state index in [1.807, 2.05) is 47.9 Å². The van der Waals surface area contributed by atoms with E-state index in [4.69, 9.17) is 12.2 Å². The van der Waals surface area contributed by atoms with Crippen molar-refractivity contribution in [3.8, 4) is 0 Å². The van der Waals surface area contributed by atoms with E-state index in [1.165, 1.54) is 5.56 Å². The minimum atomic E-state index is -0.0416. The Balaban J connectivity index is 1.95. The lowest BCUT2D eigenvalue weighted by molar-refractivity contribution is -0.119. The molecule has 1 unspecified atom stereocenters. The van der Waals surface area contributed by atoms with Crippen LogP contribution in [0.4, 0.5) is 5.69 Å². The molecule has 1 aromatic carbocycles. The summed E-state index contributed by atoms with van der Waals surface area (Å²) >= 11 is 7.28. The molecule has 2 fully saturated rings. The number of hydrogen-bond acceptors (Lipinski definition) is 3. The van der Waals surface area contributed by atoms with Crippen LogP contribution in [0, 0.1) is 6.92 Å². The van der Waals surface area contributed by atoms with Gasteiger partial charge in [-0.3, -0.25) is 9.69 Å². The Hall–Kier alpha value is -1.07. The smallest absolute Gasteiger partial charge is 0.256 e. The Morgan fingerprint density at radius 2 is 2.06 bits per heavy atom. The van der Waals surface area contributed by atoms with E-state index in [2.05, 4.69) is 0 Å². The summed E-state index contributed by atoms with van der Waals surface area (Å²) in [6, 6.07) is 7.91. The van der Waals surface area contributed by atoms with Gasteiger partial charge in [-0.25, -0.2) is 0 Å². The number of fused-ring (bicyclic) bond motifs is 1. The molecule has 2 aliphatic heterocycles. The van der Waals surface area contributed by atoms with Crippen LogP contribution in [-0.2, 0) is 4.79 Å². The number of thioether (sulfide) groups is 1. The predicted octanol–water partition coefficient (Wildman–Crippen LogP) is 2.39. The molecule has 0 saturated carbocycles. The first-order chi connectivity index (χ1) is 8.68. The molecule has 1 atom stereocenters. The third-order valence-corrected chi connectivity index (χ3v) is 4.78. The molecule has 94 valence electrons. The molecule has 3 nitrogen and oxygen atoms in total. The van der Waals surface area contributed by atoms with Gasteiger partial charge in [-0.2, -0.15) is 0 Å². The second-order valence-electron chi connectivity index (χ2n) is 4.60. The first-order valence-electron chi connectivity index (χ1n) is 5.97. The van der Waals surface area contributed by atoms with Crippen molar-refractivity contribution >= 4 is 40.7 Å². The molecule has 2 saturated heterocycles. The SMILES string of the molecule is Cc1ccc(N2C(=O)C3CCSCN3C2=S)cc1. The van der Waals surface area contributed by atoms with Gasteiger partial charge < -0.3 is 4.90 Å². The molecule has 1 aromatic rings. The lowest BCUT2D eigenvalue weighted by Gasteiger charge is -2.27. The van der Waals surface area contributed by atoms with Crippen molar-refractivity contribution in [3.63, 3.8) is 0 Å². The summed E-state index contributed by atoms with van der Waals surface area (Å²) in [6.45, 7) is 2.04. The first-order valence-corrected chi connectivity index (χ1v) is 7.54. The molecule has 0 spiro atoms. The standard InChI is InChI=1S/C13H14N2OS2/c1-9-2-4-10(5-3-9)15-12(16)11-6-7-18-8-14(11)13(15)17/h2-5,11H,6-8H2,1H3. The van der Waals surface area contributed by atoms with E-state index in [1.54, 1.807) is 4.90 Å². The summed E-state index contributed by atoms with van der Waals surface area (Å²) in [6.07, 6.45) is 0.895. The molecule has 0 radical (unpaired) electrons. The summed E-state index contributed by atoms with van der Waals surface area (Å²) in [5.74, 6) is 2.00. The Morgan fingerprint density at radius 1 is 1.33 bits per heavy atom. The minimum Gasteiger partial charge on any atom is -0.327 e. The highest BCUT2D eigenvalue weighted by molar-refractivity contribution is 7.99. The maximum atomic E-state index is 12.4. The highest BCUT2D eigenvalue weighted by atomic mass is 32.2. The zero-order valence-electron chi connectivity index (χ0n) is 10.1. The number of hydrogen-bond donors (Lipinski definition) is 0.